The average Bonchev–Trinajstić information content (AvgIpc) is 2.79. The lowest BCUT2D eigenvalue weighted by Gasteiger charge is -2.18. The highest BCUT2D eigenvalue weighted by molar-refractivity contribution is 6.32. The first-order chi connectivity index (χ1) is 11.0. The van der Waals surface area contributed by atoms with Crippen molar-refractivity contribution >= 4 is 34.8 Å². The molecule has 1 aliphatic heterocycles. The number of hydrogen-bond acceptors (Lipinski definition) is 3. The maximum Gasteiger partial charge on any atom is 0.256 e. The Morgan fingerprint density at radius 3 is 2.48 bits per heavy atom. The minimum atomic E-state index is -0.552. The summed E-state index contributed by atoms with van der Waals surface area (Å²) in [5.74, 6) is -0.467. The summed E-state index contributed by atoms with van der Waals surface area (Å²) in [6.07, 6.45) is 0.138. The zero-order valence-electron chi connectivity index (χ0n) is 13.0. The van der Waals surface area contributed by atoms with Crippen LogP contribution in [0.15, 0.2) is 42.5 Å². The standard InChI is InChI=1S/C18H17ClN2O2/c1-11-6-8-13(9-7-11)20-15-10-17(22)21(18(15)23)16-5-3-4-14(19)12(16)2/h3-9,15,20H,10H2,1-2H3/t15-/m1/s1. The van der Waals surface area contributed by atoms with Crippen molar-refractivity contribution in [2.24, 2.45) is 0 Å². The van der Waals surface area contributed by atoms with Crippen LogP contribution in [0.1, 0.15) is 17.5 Å². The van der Waals surface area contributed by atoms with E-state index in [9.17, 15) is 9.59 Å². The minimum absolute atomic E-state index is 0.138. The highest BCUT2D eigenvalue weighted by atomic mass is 35.5. The molecule has 1 fully saturated rings. The summed E-state index contributed by atoms with van der Waals surface area (Å²) in [4.78, 5) is 26.2. The van der Waals surface area contributed by atoms with Crippen molar-refractivity contribution in [2.45, 2.75) is 26.3 Å². The maximum absolute atomic E-state index is 12.7. The number of amides is 2. The van der Waals surface area contributed by atoms with Crippen LogP contribution < -0.4 is 10.2 Å². The lowest BCUT2D eigenvalue weighted by Crippen LogP contribution is -2.35. The van der Waals surface area contributed by atoms with Crippen molar-refractivity contribution in [3.8, 4) is 0 Å². The third-order valence-corrected chi connectivity index (χ3v) is 4.43. The number of halogens is 1. The average molecular weight is 329 g/mol. The van der Waals surface area contributed by atoms with Gasteiger partial charge < -0.3 is 5.32 Å². The highest BCUT2D eigenvalue weighted by Gasteiger charge is 2.40. The zero-order chi connectivity index (χ0) is 16.6. The first-order valence-electron chi connectivity index (χ1n) is 7.42. The van der Waals surface area contributed by atoms with Crippen molar-refractivity contribution in [1.29, 1.82) is 0 Å². The van der Waals surface area contributed by atoms with Crippen molar-refractivity contribution in [2.75, 3.05) is 10.2 Å². The Morgan fingerprint density at radius 2 is 1.78 bits per heavy atom. The second-order valence-electron chi connectivity index (χ2n) is 5.72. The van der Waals surface area contributed by atoms with Gasteiger partial charge in [-0.2, -0.15) is 0 Å². The van der Waals surface area contributed by atoms with Crippen molar-refractivity contribution in [3.05, 3.63) is 58.6 Å². The van der Waals surface area contributed by atoms with Crippen LogP contribution in [0, 0.1) is 13.8 Å². The molecule has 2 aromatic carbocycles. The van der Waals surface area contributed by atoms with E-state index in [1.54, 1.807) is 25.1 Å². The van der Waals surface area contributed by atoms with Crippen LogP contribution in [0.4, 0.5) is 11.4 Å². The van der Waals surface area contributed by atoms with E-state index < -0.39 is 6.04 Å². The maximum atomic E-state index is 12.7. The number of nitrogens with zero attached hydrogens (tertiary/aromatic N) is 1. The number of carbonyl (C=O) groups is 2. The molecule has 1 heterocycles. The number of benzene rings is 2. The van der Waals surface area contributed by atoms with Gasteiger partial charge in [0, 0.05) is 10.7 Å². The van der Waals surface area contributed by atoms with Gasteiger partial charge in [0.2, 0.25) is 5.91 Å². The lowest BCUT2D eigenvalue weighted by molar-refractivity contribution is -0.121. The summed E-state index contributed by atoms with van der Waals surface area (Å²) in [5, 5.41) is 3.68. The number of anilines is 2. The predicted molar refractivity (Wildman–Crippen MR) is 91.9 cm³/mol. The topological polar surface area (TPSA) is 49.4 Å². The molecule has 0 aromatic heterocycles. The summed E-state index contributed by atoms with van der Waals surface area (Å²) in [6, 6.07) is 12.4. The van der Waals surface area contributed by atoms with Gasteiger partial charge in [-0.15, -0.1) is 0 Å². The molecule has 0 saturated carbocycles. The van der Waals surface area contributed by atoms with Crippen molar-refractivity contribution < 1.29 is 9.59 Å². The van der Waals surface area contributed by atoms with Crippen LogP contribution in [-0.4, -0.2) is 17.9 Å². The molecule has 118 valence electrons. The molecule has 5 heteroatoms. The van der Waals surface area contributed by atoms with E-state index in [0.717, 1.165) is 16.8 Å². The van der Waals surface area contributed by atoms with Crippen LogP contribution >= 0.6 is 11.6 Å². The lowest BCUT2D eigenvalue weighted by atomic mass is 10.2. The Kier molecular flexibility index (Phi) is 4.09. The van der Waals surface area contributed by atoms with Gasteiger partial charge in [0.05, 0.1) is 12.1 Å². The van der Waals surface area contributed by atoms with Crippen molar-refractivity contribution in [1.82, 2.24) is 0 Å². The van der Waals surface area contributed by atoms with Crippen LogP contribution in [0.5, 0.6) is 0 Å². The molecule has 4 nitrogen and oxygen atoms in total. The van der Waals surface area contributed by atoms with Gasteiger partial charge in [-0.3, -0.25) is 9.59 Å². The second-order valence-corrected chi connectivity index (χ2v) is 6.13. The van der Waals surface area contributed by atoms with Gasteiger partial charge >= 0.3 is 0 Å². The van der Waals surface area contributed by atoms with Gasteiger partial charge in [0.25, 0.3) is 5.91 Å². The number of rotatable bonds is 3. The summed E-state index contributed by atoms with van der Waals surface area (Å²) < 4.78 is 0. The Hall–Kier alpha value is -2.33. The van der Waals surface area contributed by atoms with Gasteiger partial charge in [-0.25, -0.2) is 4.90 Å². The predicted octanol–water partition coefficient (Wildman–Crippen LogP) is 3.70. The Bertz CT molecular complexity index is 771. The third-order valence-electron chi connectivity index (χ3n) is 4.02. The number of nitrogens with one attached hydrogen (secondary N) is 1. The fourth-order valence-electron chi connectivity index (χ4n) is 2.69. The smallest absolute Gasteiger partial charge is 0.256 e. The molecule has 23 heavy (non-hydrogen) atoms. The first-order valence-corrected chi connectivity index (χ1v) is 7.80. The minimum Gasteiger partial charge on any atom is -0.373 e. The first kappa shape index (κ1) is 15.6. The summed E-state index contributed by atoms with van der Waals surface area (Å²) in [6.45, 7) is 3.80. The van der Waals surface area contributed by atoms with Crippen LogP contribution in [0.2, 0.25) is 5.02 Å². The highest BCUT2D eigenvalue weighted by Crippen LogP contribution is 2.31. The molecule has 0 radical (unpaired) electrons. The Balaban J connectivity index is 1.85. The molecule has 1 atom stereocenters. The van der Waals surface area contributed by atoms with E-state index in [1.165, 1.54) is 4.90 Å². The number of imide groups is 1. The van der Waals surface area contributed by atoms with Crippen molar-refractivity contribution in [3.63, 3.8) is 0 Å². The van der Waals surface area contributed by atoms with E-state index in [2.05, 4.69) is 5.32 Å². The largest absolute Gasteiger partial charge is 0.373 e. The molecule has 0 spiro atoms. The molecule has 1 aliphatic rings. The summed E-state index contributed by atoms with van der Waals surface area (Å²) in [7, 11) is 0. The van der Waals surface area contributed by atoms with Gasteiger partial charge in [0.15, 0.2) is 0 Å². The van der Waals surface area contributed by atoms with Gasteiger partial charge in [0.1, 0.15) is 6.04 Å². The number of carbonyl (C=O) groups excluding carboxylic acids is 2. The van der Waals surface area contributed by atoms with E-state index in [0.29, 0.717) is 10.7 Å². The molecular formula is C18H17ClN2O2. The molecule has 0 bridgehead atoms. The van der Waals surface area contributed by atoms with Crippen LogP contribution in [0.3, 0.4) is 0 Å². The molecule has 2 aromatic rings. The molecular weight excluding hydrogens is 312 g/mol. The van der Waals surface area contributed by atoms with E-state index in [1.807, 2.05) is 31.2 Å². The van der Waals surface area contributed by atoms with Crippen LogP contribution in [-0.2, 0) is 9.59 Å². The monoisotopic (exact) mass is 328 g/mol. The quantitative estimate of drug-likeness (QED) is 0.874. The fraction of sp³-hybridized carbons (Fsp3) is 0.222. The normalized spacial score (nSPS) is 17.7. The van der Waals surface area contributed by atoms with Gasteiger partial charge in [-0.05, 0) is 43.7 Å². The zero-order valence-corrected chi connectivity index (χ0v) is 13.7. The molecule has 3 rings (SSSR count). The third kappa shape index (κ3) is 2.94. The summed E-state index contributed by atoms with van der Waals surface area (Å²) in [5.41, 5.74) is 3.25. The van der Waals surface area contributed by atoms with E-state index >= 15 is 0 Å². The second kappa shape index (κ2) is 6.05. The Labute approximate surface area is 140 Å². The Morgan fingerprint density at radius 1 is 1.09 bits per heavy atom. The molecule has 1 N–H and O–H groups in total. The fourth-order valence-corrected chi connectivity index (χ4v) is 2.86. The van der Waals surface area contributed by atoms with E-state index in [-0.39, 0.29) is 18.2 Å². The SMILES string of the molecule is Cc1ccc(N[C@@H]2CC(=O)N(c3cccc(Cl)c3C)C2=O)cc1. The van der Waals surface area contributed by atoms with Crippen LogP contribution in [0.25, 0.3) is 0 Å². The molecule has 1 saturated heterocycles. The molecule has 0 aliphatic carbocycles. The molecule has 0 unspecified atom stereocenters. The van der Waals surface area contributed by atoms with Gasteiger partial charge in [-0.1, -0.05) is 35.4 Å². The number of aryl methyl sites for hydroxylation is 1. The van der Waals surface area contributed by atoms with E-state index in [4.69, 9.17) is 11.6 Å². The summed E-state index contributed by atoms with van der Waals surface area (Å²) >= 11 is 6.10. The molecule has 2 amide bonds. The number of hydrogen-bond donors (Lipinski definition) is 1.